The number of nitrogens with zero attached hydrogens (tertiary/aromatic N) is 1. The van der Waals surface area contributed by atoms with Gasteiger partial charge in [0, 0.05) is 29.4 Å². The van der Waals surface area contributed by atoms with Crippen molar-refractivity contribution >= 4 is 23.1 Å². The number of carbonyl (C=O) groups excluding carboxylic acids is 2. The number of Topliss-reactive ketones (excluding diaryl/α,β-unsaturated/α-hetero) is 1. The summed E-state index contributed by atoms with van der Waals surface area (Å²) < 4.78 is 25.4. The van der Waals surface area contributed by atoms with Crippen LogP contribution in [-0.2, 0) is 27.3 Å². The summed E-state index contributed by atoms with van der Waals surface area (Å²) in [7, 11) is 0. The molecular weight excluding hydrogens is 417 g/mol. The topological polar surface area (TPSA) is 55.8 Å². The molecule has 0 saturated heterocycles. The molecule has 166 valence electrons. The highest BCUT2D eigenvalue weighted by Crippen LogP contribution is 2.41. The standard InChI is InChI=1S/C24H28FNO4S/c1-24(2,3)23(28)30-14-29-20-12-16-13-26(11-10-19(16)31-20)21(22(27)15-8-9-15)17-6-4-5-7-18(17)25/h4-7,12,15,21H,8-11,13-14H2,1-3H3. The summed E-state index contributed by atoms with van der Waals surface area (Å²) in [5.74, 6) is -0.479. The van der Waals surface area contributed by atoms with Gasteiger partial charge in [0.1, 0.15) is 5.82 Å². The first-order chi connectivity index (χ1) is 14.7. The van der Waals surface area contributed by atoms with Gasteiger partial charge in [0.15, 0.2) is 10.8 Å². The van der Waals surface area contributed by atoms with Crippen molar-refractivity contribution in [1.29, 1.82) is 0 Å². The molecule has 1 aliphatic heterocycles. The average Bonchev–Trinajstić information content (AvgIpc) is 3.49. The van der Waals surface area contributed by atoms with Gasteiger partial charge in [-0.3, -0.25) is 14.5 Å². The van der Waals surface area contributed by atoms with Crippen molar-refractivity contribution < 1.29 is 23.5 Å². The van der Waals surface area contributed by atoms with Crippen molar-refractivity contribution in [3.05, 3.63) is 52.2 Å². The average molecular weight is 446 g/mol. The summed E-state index contributed by atoms with van der Waals surface area (Å²) in [5.41, 5.74) is 0.968. The Hall–Kier alpha value is -2.25. The van der Waals surface area contributed by atoms with Crippen LogP contribution in [0.1, 0.15) is 55.7 Å². The van der Waals surface area contributed by atoms with E-state index in [2.05, 4.69) is 4.90 Å². The first-order valence-corrected chi connectivity index (χ1v) is 11.5. The number of carbonyl (C=O) groups is 2. The van der Waals surface area contributed by atoms with E-state index in [1.165, 1.54) is 22.3 Å². The van der Waals surface area contributed by atoms with Gasteiger partial charge in [0.2, 0.25) is 6.79 Å². The van der Waals surface area contributed by atoms with E-state index < -0.39 is 11.5 Å². The number of ketones is 1. The SMILES string of the molecule is CC(C)(C)C(=O)OCOc1cc2c(s1)CCN(C(C(=O)C1CC1)c1ccccc1F)C2. The van der Waals surface area contributed by atoms with Crippen LogP contribution in [0.4, 0.5) is 4.39 Å². The lowest BCUT2D eigenvalue weighted by molar-refractivity contribution is -0.159. The molecule has 1 atom stereocenters. The minimum Gasteiger partial charge on any atom is -0.448 e. The third-order valence-electron chi connectivity index (χ3n) is 5.69. The smallest absolute Gasteiger partial charge is 0.314 e. The number of ether oxygens (including phenoxy) is 2. The number of rotatable bonds is 7. The van der Waals surface area contributed by atoms with Crippen molar-refractivity contribution in [2.45, 2.75) is 52.6 Å². The molecule has 1 saturated carbocycles. The van der Waals surface area contributed by atoms with Crippen LogP contribution in [0, 0.1) is 17.2 Å². The molecule has 7 heteroatoms. The van der Waals surface area contributed by atoms with Crippen molar-refractivity contribution in [3.8, 4) is 5.06 Å². The molecule has 1 aromatic heterocycles. The quantitative estimate of drug-likeness (QED) is 0.449. The number of benzene rings is 1. The monoisotopic (exact) mass is 445 g/mol. The van der Waals surface area contributed by atoms with Crippen LogP contribution in [0.15, 0.2) is 30.3 Å². The maximum absolute atomic E-state index is 14.6. The highest BCUT2D eigenvalue weighted by molar-refractivity contribution is 7.14. The molecule has 31 heavy (non-hydrogen) atoms. The lowest BCUT2D eigenvalue weighted by atomic mass is 9.95. The Morgan fingerprint density at radius 3 is 2.68 bits per heavy atom. The van der Waals surface area contributed by atoms with Gasteiger partial charge in [0.25, 0.3) is 0 Å². The van der Waals surface area contributed by atoms with Crippen LogP contribution in [0.3, 0.4) is 0 Å². The molecule has 1 aliphatic carbocycles. The van der Waals surface area contributed by atoms with E-state index in [-0.39, 0.29) is 30.3 Å². The molecule has 0 radical (unpaired) electrons. The van der Waals surface area contributed by atoms with Gasteiger partial charge in [-0.2, -0.15) is 0 Å². The van der Waals surface area contributed by atoms with Gasteiger partial charge in [0.05, 0.1) is 11.5 Å². The predicted molar refractivity (Wildman–Crippen MR) is 116 cm³/mol. The van der Waals surface area contributed by atoms with Crippen molar-refractivity contribution in [2.75, 3.05) is 13.3 Å². The molecule has 4 rings (SSSR count). The molecule has 0 N–H and O–H groups in total. The third kappa shape index (κ3) is 4.99. The largest absolute Gasteiger partial charge is 0.448 e. The number of esters is 1. The van der Waals surface area contributed by atoms with E-state index in [0.717, 1.165) is 24.8 Å². The molecule has 0 spiro atoms. The van der Waals surface area contributed by atoms with Crippen molar-refractivity contribution in [3.63, 3.8) is 0 Å². The Bertz CT molecular complexity index is 976. The second kappa shape index (κ2) is 8.71. The minimum atomic E-state index is -0.575. The fraction of sp³-hybridized carbons (Fsp3) is 0.500. The number of hydrogen-bond acceptors (Lipinski definition) is 6. The zero-order valence-electron chi connectivity index (χ0n) is 18.2. The molecular formula is C24H28FNO4S. The fourth-order valence-electron chi connectivity index (χ4n) is 3.79. The molecule has 2 heterocycles. The van der Waals surface area contributed by atoms with Crippen molar-refractivity contribution in [1.82, 2.24) is 4.90 Å². The molecule has 1 aromatic carbocycles. The Kier molecular flexibility index (Phi) is 6.17. The first kappa shape index (κ1) is 22.0. The number of halogens is 1. The second-order valence-electron chi connectivity index (χ2n) is 9.28. The summed E-state index contributed by atoms with van der Waals surface area (Å²) >= 11 is 1.54. The predicted octanol–water partition coefficient (Wildman–Crippen LogP) is 4.89. The number of hydrogen-bond donors (Lipinski definition) is 0. The number of fused-ring (bicyclic) bond motifs is 1. The third-order valence-corrected chi connectivity index (χ3v) is 6.84. The Morgan fingerprint density at radius 1 is 1.26 bits per heavy atom. The summed E-state index contributed by atoms with van der Waals surface area (Å²) in [5, 5.41) is 0.685. The minimum absolute atomic E-state index is 0.0462. The van der Waals surface area contributed by atoms with E-state index >= 15 is 0 Å². The summed E-state index contributed by atoms with van der Waals surface area (Å²) in [6, 6.07) is 7.97. The first-order valence-electron chi connectivity index (χ1n) is 10.7. The van der Waals surface area contributed by atoms with E-state index in [1.54, 1.807) is 39.0 Å². The highest BCUT2D eigenvalue weighted by Gasteiger charge is 2.40. The van der Waals surface area contributed by atoms with Crippen LogP contribution >= 0.6 is 11.3 Å². The van der Waals surface area contributed by atoms with Gasteiger partial charge in [-0.25, -0.2) is 4.39 Å². The molecule has 0 bridgehead atoms. The van der Waals surface area contributed by atoms with E-state index in [4.69, 9.17) is 9.47 Å². The van der Waals surface area contributed by atoms with Gasteiger partial charge < -0.3 is 9.47 Å². The molecule has 2 aliphatic rings. The van der Waals surface area contributed by atoms with Crippen LogP contribution in [-0.4, -0.2) is 30.0 Å². The van der Waals surface area contributed by atoms with E-state index in [9.17, 15) is 14.0 Å². The van der Waals surface area contributed by atoms with Gasteiger partial charge in [-0.05, 0) is 57.7 Å². The Morgan fingerprint density at radius 2 is 2.00 bits per heavy atom. The van der Waals surface area contributed by atoms with E-state index in [1.807, 2.05) is 6.07 Å². The summed E-state index contributed by atoms with van der Waals surface area (Å²) in [6.07, 6.45) is 2.56. The fourth-order valence-corrected chi connectivity index (χ4v) is 4.79. The molecule has 1 fully saturated rings. The van der Waals surface area contributed by atoms with Crippen LogP contribution in [0.5, 0.6) is 5.06 Å². The lowest BCUT2D eigenvalue weighted by Crippen LogP contribution is -2.38. The molecule has 0 amide bonds. The lowest BCUT2D eigenvalue weighted by Gasteiger charge is -2.34. The normalized spacial score (nSPS) is 17.7. The van der Waals surface area contributed by atoms with E-state index in [0.29, 0.717) is 23.7 Å². The maximum atomic E-state index is 14.6. The molecule has 5 nitrogen and oxygen atoms in total. The van der Waals surface area contributed by atoms with Crippen LogP contribution in [0.25, 0.3) is 0 Å². The Labute approximate surface area is 186 Å². The summed E-state index contributed by atoms with van der Waals surface area (Å²) in [6.45, 7) is 6.50. The summed E-state index contributed by atoms with van der Waals surface area (Å²) in [4.78, 5) is 28.2. The van der Waals surface area contributed by atoms with Gasteiger partial charge in [-0.1, -0.05) is 18.2 Å². The number of thiophene rings is 1. The highest BCUT2D eigenvalue weighted by atomic mass is 32.1. The molecule has 2 aromatic rings. The van der Waals surface area contributed by atoms with Gasteiger partial charge >= 0.3 is 5.97 Å². The zero-order valence-corrected chi connectivity index (χ0v) is 19.0. The molecule has 1 unspecified atom stereocenters. The van der Waals surface area contributed by atoms with Crippen LogP contribution < -0.4 is 4.74 Å². The second-order valence-corrected chi connectivity index (χ2v) is 10.4. The van der Waals surface area contributed by atoms with Crippen LogP contribution in [0.2, 0.25) is 0 Å². The van der Waals surface area contributed by atoms with Crippen molar-refractivity contribution in [2.24, 2.45) is 11.3 Å². The maximum Gasteiger partial charge on any atom is 0.314 e. The van der Waals surface area contributed by atoms with Gasteiger partial charge in [-0.15, -0.1) is 11.3 Å². The zero-order chi connectivity index (χ0) is 22.2. The Balaban J connectivity index is 1.46.